The van der Waals surface area contributed by atoms with E-state index in [1.54, 1.807) is 0 Å². The van der Waals surface area contributed by atoms with Gasteiger partial charge in [-0.1, -0.05) is 20.8 Å². The van der Waals surface area contributed by atoms with Gasteiger partial charge in [-0.15, -0.1) is 11.6 Å². The third-order valence-corrected chi connectivity index (χ3v) is 4.29. The zero-order valence-electron chi connectivity index (χ0n) is 9.79. The topological polar surface area (TPSA) is 46.2 Å². The molecule has 1 N–H and O–H groups in total. The highest BCUT2D eigenvalue weighted by Crippen LogP contribution is 2.06. The van der Waals surface area contributed by atoms with Crippen molar-refractivity contribution in [2.24, 2.45) is 11.8 Å². The summed E-state index contributed by atoms with van der Waals surface area (Å²) in [5, 5.41) is 0. The average molecular weight is 256 g/mol. The number of rotatable bonds is 8. The molecule has 0 aromatic heterocycles. The third kappa shape index (κ3) is 9.15. The molecule has 1 unspecified atom stereocenters. The van der Waals surface area contributed by atoms with Crippen LogP contribution in [0.1, 0.15) is 33.6 Å². The fourth-order valence-electron chi connectivity index (χ4n) is 1.25. The van der Waals surface area contributed by atoms with Crippen LogP contribution < -0.4 is 4.72 Å². The quantitative estimate of drug-likeness (QED) is 0.534. The minimum Gasteiger partial charge on any atom is -0.215 e. The summed E-state index contributed by atoms with van der Waals surface area (Å²) in [7, 11) is -3.07. The lowest BCUT2D eigenvalue weighted by Gasteiger charge is -2.10. The summed E-state index contributed by atoms with van der Waals surface area (Å²) in [6.45, 7) is 6.38. The Morgan fingerprint density at radius 1 is 1.27 bits per heavy atom. The van der Waals surface area contributed by atoms with E-state index in [2.05, 4.69) is 11.6 Å². The van der Waals surface area contributed by atoms with Gasteiger partial charge in [0.05, 0.1) is 5.75 Å². The lowest BCUT2D eigenvalue weighted by molar-refractivity contribution is 0.538. The smallest absolute Gasteiger partial charge is 0.211 e. The molecule has 0 aromatic rings. The first-order chi connectivity index (χ1) is 6.87. The largest absolute Gasteiger partial charge is 0.215 e. The highest BCUT2D eigenvalue weighted by atomic mass is 35.5. The Bertz CT molecular complexity index is 252. The van der Waals surface area contributed by atoms with E-state index >= 15 is 0 Å². The van der Waals surface area contributed by atoms with E-state index in [-0.39, 0.29) is 11.7 Å². The molecule has 3 nitrogen and oxygen atoms in total. The van der Waals surface area contributed by atoms with Crippen molar-refractivity contribution >= 4 is 21.6 Å². The van der Waals surface area contributed by atoms with Gasteiger partial charge in [-0.05, 0) is 24.7 Å². The molecule has 0 spiro atoms. The molecule has 0 amide bonds. The summed E-state index contributed by atoms with van der Waals surface area (Å²) < 4.78 is 25.4. The van der Waals surface area contributed by atoms with Gasteiger partial charge in [-0.2, -0.15) is 0 Å². The van der Waals surface area contributed by atoms with Gasteiger partial charge < -0.3 is 0 Å². The molecule has 0 aliphatic rings. The van der Waals surface area contributed by atoms with Gasteiger partial charge in [0, 0.05) is 12.4 Å². The normalized spacial score (nSPS) is 14.5. The molecule has 0 saturated heterocycles. The van der Waals surface area contributed by atoms with Crippen LogP contribution in [0.3, 0.4) is 0 Å². The molecule has 92 valence electrons. The summed E-state index contributed by atoms with van der Waals surface area (Å²) in [6.07, 6.45) is 1.82. The number of nitrogens with one attached hydrogen (secondary N) is 1. The van der Waals surface area contributed by atoms with Crippen molar-refractivity contribution in [1.29, 1.82) is 0 Å². The molecule has 0 fully saturated rings. The maximum Gasteiger partial charge on any atom is 0.211 e. The molecule has 0 bridgehead atoms. The summed E-state index contributed by atoms with van der Waals surface area (Å²) in [5.74, 6) is 1.47. The molecule has 0 radical (unpaired) electrons. The van der Waals surface area contributed by atoms with Crippen LogP contribution in [0, 0.1) is 11.8 Å². The monoisotopic (exact) mass is 255 g/mol. The lowest BCUT2D eigenvalue weighted by Crippen LogP contribution is -2.29. The van der Waals surface area contributed by atoms with Crippen molar-refractivity contribution in [3.05, 3.63) is 0 Å². The van der Waals surface area contributed by atoms with E-state index in [4.69, 9.17) is 11.6 Å². The molecule has 0 heterocycles. The Balaban J connectivity index is 3.67. The van der Waals surface area contributed by atoms with Gasteiger partial charge in [0.2, 0.25) is 10.0 Å². The van der Waals surface area contributed by atoms with Crippen molar-refractivity contribution in [2.45, 2.75) is 33.6 Å². The minimum absolute atomic E-state index is 0.171. The first-order valence-corrected chi connectivity index (χ1v) is 7.59. The van der Waals surface area contributed by atoms with Crippen LogP contribution in [0.4, 0.5) is 0 Å². The van der Waals surface area contributed by atoms with Crippen LogP contribution in [0.15, 0.2) is 0 Å². The first kappa shape index (κ1) is 15.2. The van der Waals surface area contributed by atoms with Gasteiger partial charge in [0.15, 0.2) is 0 Å². The maximum atomic E-state index is 11.4. The Labute approximate surface area is 98.6 Å². The highest BCUT2D eigenvalue weighted by Gasteiger charge is 2.11. The second kappa shape index (κ2) is 7.47. The molecule has 15 heavy (non-hydrogen) atoms. The summed E-state index contributed by atoms with van der Waals surface area (Å²) >= 11 is 5.65. The number of hydrogen-bond acceptors (Lipinski definition) is 2. The van der Waals surface area contributed by atoms with Crippen LogP contribution in [0.5, 0.6) is 0 Å². The van der Waals surface area contributed by atoms with Crippen LogP contribution >= 0.6 is 11.6 Å². The van der Waals surface area contributed by atoms with Crippen molar-refractivity contribution in [1.82, 2.24) is 4.72 Å². The predicted octanol–water partition coefficient (Wildman–Crippen LogP) is 2.22. The molecular formula is C10H22ClNO2S. The number of sulfonamides is 1. The fraction of sp³-hybridized carbons (Fsp3) is 1.00. The van der Waals surface area contributed by atoms with E-state index in [0.29, 0.717) is 18.3 Å². The van der Waals surface area contributed by atoms with E-state index in [9.17, 15) is 8.42 Å². The third-order valence-electron chi connectivity index (χ3n) is 2.01. The number of alkyl halides is 1. The van der Waals surface area contributed by atoms with Crippen molar-refractivity contribution in [2.75, 3.05) is 18.2 Å². The average Bonchev–Trinajstić information content (AvgIpc) is 2.10. The second-order valence-electron chi connectivity index (χ2n) is 4.47. The Morgan fingerprint density at radius 2 is 1.87 bits per heavy atom. The van der Waals surface area contributed by atoms with Crippen molar-refractivity contribution < 1.29 is 8.42 Å². The van der Waals surface area contributed by atoms with Crippen molar-refractivity contribution in [3.8, 4) is 0 Å². The zero-order valence-corrected chi connectivity index (χ0v) is 11.4. The lowest BCUT2D eigenvalue weighted by atomic mass is 10.1. The van der Waals surface area contributed by atoms with E-state index in [1.165, 1.54) is 0 Å². The molecule has 0 aliphatic heterocycles. The molecule has 0 rings (SSSR count). The van der Waals surface area contributed by atoms with Gasteiger partial charge in [-0.25, -0.2) is 13.1 Å². The number of halogens is 1. The van der Waals surface area contributed by atoms with Gasteiger partial charge >= 0.3 is 0 Å². The number of hydrogen-bond donors (Lipinski definition) is 1. The fourth-order valence-corrected chi connectivity index (χ4v) is 2.86. The molecule has 0 aromatic carbocycles. The van der Waals surface area contributed by atoms with Crippen LogP contribution in [-0.4, -0.2) is 26.6 Å². The van der Waals surface area contributed by atoms with Gasteiger partial charge in [0.25, 0.3) is 0 Å². The predicted molar refractivity (Wildman–Crippen MR) is 65.7 cm³/mol. The Kier molecular flexibility index (Phi) is 7.57. The SMILES string of the molecule is CC(C)CS(=O)(=O)NCCCC(C)CCl. The van der Waals surface area contributed by atoms with E-state index in [0.717, 1.165) is 12.8 Å². The highest BCUT2D eigenvalue weighted by molar-refractivity contribution is 7.89. The van der Waals surface area contributed by atoms with E-state index in [1.807, 2.05) is 13.8 Å². The van der Waals surface area contributed by atoms with Crippen molar-refractivity contribution in [3.63, 3.8) is 0 Å². The summed E-state index contributed by atoms with van der Waals surface area (Å²) in [6, 6.07) is 0. The molecule has 0 saturated carbocycles. The Hall–Kier alpha value is 0.200. The molecular weight excluding hydrogens is 234 g/mol. The summed E-state index contributed by atoms with van der Waals surface area (Å²) in [4.78, 5) is 0. The maximum absolute atomic E-state index is 11.4. The zero-order chi connectivity index (χ0) is 11.9. The molecule has 5 heteroatoms. The molecule has 1 atom stereocenters. The van der Waals surface area contributed by atoms with Crippen LogP contribution in [0.25, 0.3) is 0 Å². The summed E-state index contributed by atoms with van der Waals surface area (Å²) in [5.41, 5.74) is 0. The van der Waals surface area contributed by atoms with Gasteiger partial charge in [0.1, 0.15) is 0 Å². The Morgan fingerprint density at radius 3 is 2.33 bits per heavy atom. The standard InChI is InChI=1S/C10H22ClNO2S/c1-9(2)8-15(13,14)12-6-4-5-10(3)7-11/h9-10,12H,4-8H2,1-3H3. The van der Waals surface area contributed by atoms with Crippen LogP contribution in [-0.2, 0) is 10.0 Å². The minimum atomic E-state index is -3.07. The first-order valence-electron chi connectivity index (χ1n) is 5.40. The van der Waals surface area contributed by atoms with Gasteiger partial charge in [-0.3, -0.25) is 0 Å². The van der Waals surface area contributed by atoms with E-state index < -0.39 is 10.0 Å². The van der Waals surface area contributed by atoms with Crippen LogP contribution in [0.2, 0.25) is 0 Å². The molecule has 0 aliphatic carbocycles. The second-order valence-corrected chi connectivity index (χ2v) is 6.63.